The van der Waals surface area contributed by atoms with Crippen LogP contribution in [0, 0.1) is 11.8 Å². The number of amides is 1. The third-order valence-electron chi connectivity index (χ3n) is 7.72. The fourth-order valence-corrected chi connectivity index (χ4v) is 5.81. The van der Waals surface area contributed by atoms with Crippen LogP contribution in [0.2, 0.25) is 0 Å². The lowest BCUT2D eigenvalue weighted by Crippen LogP contribution is -2.57. The molecule has 4 rings (SSSR count). The molecule has 0 heterocycles. The summed E-state index contributed by atoms with van der Waals surface area (Å²) < 4.78 is 0. The summed E-state index contributed by atoms with van der Waals surface area (Å²) in [6, 6.07) is 1.79. The smallest absolute Gasteiger partial charge is 0.255 e. The predicted molar refractivity (Wildman–Crippen MR) is 140 cm³/mol. The second-order valence-corrected chi connectivity index (χ2v) is 10.3. The number of phenolic OH excluding ortho intramolecular Hbond substituents is 1. The topological polar surface area (TPSA) is 185 Å². The summed E-state index contributed by atoms with van der Waals surface area (Å²) in [5.74, 6) is -6.41. The normalized spacial score (nSPS) is 24.5. The first-order valence-corrected chi connectivity index (χ1v) is 12.5. The van der Waals surface area contributed by atoms with E-state index < -0.39 is 52.0 Å². The fraction of sp³-hybridized carbons (Fsp3) is 0.444. The van der Waals surface area contributed by atoms with Crippen molar-refractivity contribution in [2.45, 2.75) is 38.3 Å². The molecule has 1 aromatic carbocycles. The number of rotatable bonds is 8. The van der Waals surface area contributed by atoms with E-state index in [9.17, 15) is 34.8 Å². The summed E-state index contributed by atoms with van der Waals surface area (Å²) in [6.07, 6.45) is 0.0724. The van der Waals surface area contributed by atoms with Crippen LogP contribution in [-0.2, 0) is 22.6 Å². The van der Waals surface area contributed by atoms with Crippen molar-refractivity contribution in [3.8, 4) is 5.75 Å². The Hall–Kier alpha value is -3.83. The molecule has 1 amide bonds. The van der Waals surface area contributed by atoms with E-state index in [-0.39, 0.29) is 42.7 Å². The van der Waals surface area contributed by atoms with Gasteiger partial charge in [-0.3, -0.25) is 14.4 Å². The second-order valence-electron chi connectivity index (χ2n) is 10.3. The van der Waals surface area contributed by atoms with Crippen molar-refractivity contribution in [3.05, 3.63) is 57.7 Å². The highest BCUT2D eigenvalue weighted by Crippen LogP contribution is 2.52. The molecule has 0 bridgehead atoms. The molecule has 3 atom stereocenters. The number of nitrogens with two attached hydrogens (primary N) is 1. The van der Waals surface area contributed by atoms with Gasteiger partial charge >= 0.3 is 0 Å². The summed E-state index contributed by atoms with van der Waals surface area (Å²) in [4.78, 5) is 40.6. The minimum absolute atomic E-state index is 0.0121. The Balaban J connectivity index is 1.81. The van der Waals surface area contributed by atoms with Gasteiger partial charge in [0.15, 0.2) is 11.4 Å². The molecule has 11 nitrogen and oxygen atoms in total. The first-order valence-electron chi connectivity index (χ1n) is 12.5. The van der Waals surface area contributed by atoms with Gasteiger partial charge in [0.05, 0.1) is 5.56 Å². The molecule has 0 saturated heterocycles. The Morgan fingerprint density at radius 1 is 1.24 bits per heavy atom. The van der Waals surface area contributed by atoms with Crippen molar-refractivity contribution in [1.29, 1.82) is 0 Å². The van der Waals surface area contributed by atoms with Crippen LogP contribution in [0.1, 0.15) is 41.3 Å². The van der Waals surface area contributed by atoms with Gasteiger partial charge < -0.3 is 41.7 Å². The molecule has 0 saturated carbocycles. The first-order chi connectivity index (χ1) is 17.8. The molecule has 1 aromatic rings. The maximum atomic E-state index is 13.9. The van der Waals surface area contributed by atoms with Crippen molar-refractivity contribution in [3.63, 3.8) is 0 Å². The van der Waals surface area contributed by atoms with Crippen molar-refractivity contribution < 1.29 is 34.8 Å². The number of likely N-dealkylation sites (N-methyl/N-ethyl adjacent to an activating group) is 1. The summed E-state index contributed by atoms with van der Waals surface area (Å²) in [5, 5.41) is 50.4. The molecule has 0 spiro atoms. The van der Waals surface area contributed by atoms with E-state index in [1.165, 1.54) is 0 Å². The summed E-state index contributed by atoms with van der Waals surface area (Å²) in [5.41, 5.74) is 4.09. The quantitative estimate of drug-likeness (QED) is 0.240. The van der Waals surface area contributed by atoms with E-state index >= 15 is 0 Å². The number of carbonyl (C=O) groups excluding carboxylic acids is 3. The Morgan fingerprint density at radius 3 is 2.53 bits per heavy atom. The average Bonchev–Trinajstić information content (AvgIpc) is 2.83. The molecule has 38 heavy (non-hydrogen) atoms. The molecule has 1 unspecified atom stereocenters. The van der Waals surface area contributed by atoms with Crippen molar-refractivity contribution in [1.82, 2.24) is 10.6 Å². The van der Waals surface area contributed by atoms with E-state index in [0.29, 0.717) is 29.1 Å². The largest absolute Gasteiger partial charge is 0.511 e. The number of aliphatic hydroxyl groups is 3. The molecule has 0 radical (unpaired) electrons. The number of allylic oxidation sites excluding steroid dienone is 2. The zero-order chi connectivity index (χ0) is 28.1. The number of aliphatic hydroxyl groups excluding tert-OH is 2. The molecule has 3 aliphatic rings. The van der Waals surface area contributed by atoms with Crippen LogP contribution in [0.5, 0.6) is 5.75 Å². The number of anilines is 1. The third kappa shape index (κ3) is 4.11. The van der Waals surface area contributed by atoms with Gasteiger partial charge in [-0.25, -0.2) is 0 Å². The van der Waals surface area contributed by atoms with Crippen LogP contribution < -0.4 is 21.3 Å². The number of nitrogens with one attached hydrogen (secondary N) is 2. The highest BCUT2D eigenvalue weighted by atomic mass is 16.3. The van der Waals surface area contributed by atoms with Crippen LogP contribution in [-0.4, -0.2) is 70.7 Å². The molecular formula is C27H34N4O7. The molecule has 0 fully saturated rings. The average molecular weight is 527 g/mol. The zero-order valence-corrected chi connectivity index (χ0v) is 21.7. The standard InChI is InChI=1S/C27H34N4O7/c1-5-29-10-12(2)30-11-14-8-17(31(3)4)16-7-13-6-15-9-18(32)21(26(28)37)25(36)27(15,38)24(35)19(13)23(34)20(16)22(14)33/h8,13,15,29-30,32-33,35,38H,2,5-7,9-11H2,1,3-4H3,(H2,28,37)/t13?,15-,27-/m0/s1. The lowest BCUT2D eigenvalue weighted by Gasteiger charge is -2.46. The van der Waals surface area contributed by atoms with Crippen LogP contribution in [0.15, 0.2) is 41.0 Å². The molecule has 0 aromatic heterocycles. The zero-order valence-electron chi connectivity index (χ0n) is 21.7. The maximum Gasteiger partial charge on any atom is 0.255 e. The van der Waals surface area contributed by atoms with Crippen molar-refractivity contribution in [2.75, 3.05) is 32.1 Å². The number of nitrogens with zero attached hydrogens (tertiary/aromatic N) is 1. The SMILES string of the molecule is C=C(CNCC)NCc1cc(N(C)C)c2c(c1O)C(=O)C1=C(O)[C@]3(O)C(=O)C(C(N)=O)=C(O)C[C@@H]3CC1C2. The second kappa shape index (κ2) is 9.80. The molecule has 204 valence electrons. The summed E-state index contributed by atoms with van der Waals surface area (Å²) >= 11 is 0. The lowest BCUT2D eigenvalue weighted by atomic mass is 9.60. The summed E-state index contributed by atoms with van der Waals surface area (Å²) in [7, 11) is 3.63. The minimum Gasteiger partial charge on any atom is -0.511 e. The van der Waals surface area contributed by atoms with Gasteiger partial charge in [0.2, 0.25) is 5.78 Å². The van der Waals surface area contributed by atoms with Gasteiger partial charge in [-0.2, -0.15) is 0 Å². The maximum absolute atomic E-state index is 13.9. The van der Waals surface area contributed by atoms with Gasteiger partial charge in [0.1, 0.15) is 22.8 Å². The summed E-state index contributed by atoms with van der Waals surface area (Å²) in [6.45, 7) is 7.38. The number of primary amides is 1. The molecule has 8 N–H and O–H groups in total. The number of hydrogen-bond acceptors (Lipinski definition) is 10. The molecule has 0 aliphatic heterocycles. The molecule has 3 aliphatic carbocycles. The van der Waals surface area contributed by atoms with E-state index in [0.717, 1.165) is 6.54 Å². The van der Waals surface area contributed by atoms with Gasteiger partial charge in [-0.15, -0.1) is 0 Å². The Kier molecular flexibility index (Phi) is 7.02. The van der Waals surface area contributed by atoms with Gasteiger partial charge in [0.25, 0.3) is 5.91 Å². The minimum atomic E-state index is -2.58. The van der Waals surface area contributed by atoms with Crippen LogP contribution in [0.4, 0.5) is 5.69 Å². The fourth-order valence-electron chi connectivity index (χ4n) is 5.81. The number of phenols is 1. The Bertz CT molecular complexity index is 1310. The highest BCUT2D eigenvalue weighted by Gasteiger charge is 2.59. The van der Waals surface area contributed by atoms with Crippen LogP contribution in [0.3, 0.4) is 0 Å². The monoisotopic (exact) mass is 526 g/mol. The third-order valence-corrected chi connectivity index (χ3v) is 7.72. The Morgan fingerprint density at radius 2 is 1.92 bits per heavy atom. The first kappa shape index (κ1) is 27.2. The van der Waals surface area contributed by atoms with Gasteiger partial charge in [0, 0.05) is 62.0 Å². The number of aromatic hydroxyl groups is 1. The lowest BCUT2D eigenvalue weighted by molar-refractivity contribution is -0.144. The number of carbonyl (C=O) groups is 3. The van der Waals surface area contributed by atoms with E-state index in [2.05, 4.69) is 17.2 Å². The predicted octanol–water partition coefficient (Wildman–Crippen LogP) is 0.859. The van der Waals surface area contributed by atoms with Gasteiger partial charge in [-0.1, -0.05) is 13.5 Å². The molecular weight excluding hydrogens is 492 g/mol. The number of fused-ring (bicyclic) bond motifs is 3. The van der Waals surface area contributed by atoms with Crippen LogP contribution in [0.25, 0.3) is 0 Å². The Labute approximate surface area is 220 Å². The van der Waals surface area contributed by atoms with Crippen molar-refractivity contribution >= 4 is 23.2 Å². The van der Waals surface area contributed by atoms with E-state index in [4.69, 9.17) is 5.73 Å². The van der Waals surface area contributed by atoms with Crippen LogP contribution >= 0.6 is 0 Å². The van der Waals surface area contributed by atoms with Gasteiger partial charge in [-0.05, 0) is 36.9 Å². The van der Waals surface area contributed by atoms with E-state index in [1.807, 2.05) is 25.9 Å². The highest BCUT2D eigenvalue weighted by molar-refractivity contribution is 6.24. The number of benzene rings is 1. The number of ketones is 2. The number of hydrogen-bond donors (Lipinski definition) is 7. The number of Topliss-reactive ketones (excluding diaryl/α,β-unsaturated/α-hetero) is 2. The van der Waals surface area contributed by atoms with Crippen molar-refractivity contribution in [2.24, 2.45) is 17.6 Å². The molecule has 11 heteroatoms. The van der Waals surface area contributed by atoms with E-state index in [1.54, 1.807) is 6.07 Å².